The summed E-state index contributed by atoms with van der Waals surface area (Å²) in [5.74, 6) is -1.04. The monoisotopic (exact) mass is 405 g/mol. The van der Waals surface area contributed by atoms with E-state index in [4.69, 9.17) is 23.2 Å². The first-order chi connectivity index (χ1) is 11.8. The molecule has 0 spiro atoms. The SMILES string of the molecule is CC(C)(C)c1cc(O)c(C(=O)Nc2ccc(C(F)(F)F)cc2Cl)cc1Cl. The molecule has 2 rings (SSSR count). The van der Waals surface area contributed by atoms with E-state index in [1.807, 2.05) is 20.8 Å². The maximum Gasteiger partial charge on any atom is 0.416 e. The Morgan fingerprint density at radius 2 is 1.65 bits per heavy atom. The van der Waals surface area contributed by atoms with Crippen molar-refractivity contribution in [2.24, 2.45) is 0 Å². The molecule has 0 aromatic heterocycles. The van der Waals surface area contributed by atoms with E-state index in [0.717, 1.165) is 12.1 Å². The molecule has 2 aromatic carbocycles. The fraction of sp³-hybridized carbons (Fsp3) is 0.278. The molecule has 1 amide bonds. The Morgan fingerprint density at radius 1 is 1.04 bits per heavy atom. The van der Waals surface area contributed by atoms with Crippen LogP contribution in [0.4, 0.5) is 18.9 Å². The van der Waals surface area contributed by atoms with Gasteiger partial charge in [0.2, 0.25) is 0 Å². The third kappa shape index (κ3) is 4.43. The molecule has 140 valence electrons. The fourth-order valence-electron chi connectivity index (χ4n) is 2.30. The number of benzene rings is 2. The summed E-state index contributed by atoms with van der Waals surface area (Å²) < 4.78 is 38.0. The van der Waals surface area contributed by atoms with Crippen LogP contribution in [0.25, 0.3) is 0 Å². The summed E-state index contributed by atoms with van der Waals surface area (Å²) in [7, 11) is 0. The molecule has 0 aliphatic heterocycles. The summed E-state index contributed by atoms with van der Waals surface area (Å²) in [6.07, 6.45) is -4.54. The predicted molar refractivity (Wildman–Crippen MR) is 96.2 cm³/mol. The Morgan fingerprint density at radius 3 is 2.15 bits per heavy atom. The highest BCUT2D eigenvalue weighted by Crippen LogP contribution is 2.36. The maximum atomic E-state index is 12.7. The zero-order valence-corrected chi connectivity index (χ0v) is 15.6. The van der Waals surface area contributed by atoms with E-state index in [2.05, 4.69) is 5.32 Å². The van der Waals surface area contributed by atoms with E-state index in [9.17, 15) is 23.1 Å². The number of phenols is 1. The molecule has 0 saturated heterocycles. The number of anilines is 1. The molecule has 0 unspecified atom stereocenters. The molecular formula is C18H16Cl2F3NO2. The second kappa shape index (κ2) is 7.00. The molecule has 0 heterocycles. The van der Waals surface area contributed by atoms with Gasteiger partial charge in [0.05, 0.1) is 21.8 Å². The van der Waals surface area contributed by atoms with Crippen molar-refractivity contribution in [3.63, 3.8) is 0 Å². The minimum Gasteiger partial charge on any atom is -0.507 e. The third-order valence-corrected chi connectivity index (χ3v) is 4.31. The number of rotatable bonds is 2. The van der Waals surface area contributed by atoms with E-state index in [1.165, 1.54) is 12.1 Å². The second-order valence-electron chi connectivity index (χ2n) is 6.75. The Hall–Kier alpha value is -1.92. The van der Waals surface area contributed by atoms with Crippen LogP contribution in [0.15, 0.2) is 30.3 Å². The maximum absolute atomic E-state index is 12.7. The first-order valence-corrected chi connectivity index (χ1v) is 8.27. The fourth-order valence-corrected chi connectivity index (χ4v) is 2.98. The molecule has 0 fully saturated rings. The van der Waals surface area contributed by atoms with Crippen LogP contribution < -0.4 is 5.32 Å². The van der Waals surface area contributed by atoms with Crippen molar-refractivity contribution in [2.45, 2.75) is 32.4 Å². The lowest BCUT2D eigenvalue weighted by atomic mass is 9.86. The van der Waals surface area contributed by atoms with Crippen molar-refractivity contribution in [3.8, 4) is 5.75 Å². The highest BCUT2D eigenvalue weighted by molar-refractivity contribution is 6.34. The van der Waals surface area contributed by atoms with Gasteiger partial charge in [0.15, 0.2) is 0 Å². The smallest absolute Gasteiger partial charge is 0.416 e. The van der Waals surface area contributed by atoms with E-state index in [1.54, 1.807) is 0 Å². The van der Waals surface area contributed by atoms with Crippen molar-refractivity contribution in [1.82, 2.24) is 0 Å². The summed E-state index contributed by atoms with van der Waals surface area (Å²) in [5, 5.41) is 12.5. The van der Waals surface area contributed by atoms with Gasteiger partial charge in [0.1, 0.15) is 5.75 Å². The molecule has 0 aliphatic rings. The standard InChI is InChI=1S/C18H16Cl2F3NO2/c1-17(2,3)11-8-15(25)10(7-12(11)19)16(26)24-14-5-4-9(6-13(14)20)18(21,22)23/h4-8,25H,1-3H3,(H,24,26). The largest absolute Gasteiger partial charge is 0.507 e. The molecule has 0 saturated carbocycles. The number of halogens is 5. The van der Waals surface area contributed by atoms with Gasteiger partial charge in [-0.1, -0.05) is 44.0 Å². The van der Waals surface area contributed by atoms with Crippen LogP contribution in [0.5, 0.6) is 5.75 Å². The van der Waals surface area contributed by atoms with Crippen LogP contribution >= 0.6 is 23.2 Å². The van der Waals surface area contributed by atoms with Crippen molar-refractivity contribution < 1.29 is 23.1 Å². The summed E-state index contributed by atoms with van der Waals surface area (Å²) in [6.45, 7) is 5.69. The summed E-state index contributed by atoms with van der Waals surface area (Å²) >= 11 is 12.0. The van der Waals surface area contributed by atoms with E-state index < -0.39 is 17.6 Å². The first kappa shape index (κ1) is 20.4. The van der Waals surface area contributed by atoms with Gasteiger partial charge in [-0.15, -0.1) is 0 Å². The molecule has 26 heavy (non-hydrogen) atoms. The lowest BCUT2D eigenvalue weighted by Gasteiger charge is -2.21. The summed E-state index contributed by atoms with van der Waals surface area (Å²) in [6, 6.07) is 5.27. The van der Waals surface area contributed by atoms with E-state index in [-0.39, 0.29) is 27.4 Å². The van der Waals surface area contributed by atoms with Gasteiger partial charge >= 0.3 is 6.18 Å². The Balaban J connectivity index is 2.33. The zero-order valence-electron chi connectivity index (χ0n) is 14.1. The number of hydrogen-bond acceptors (Lipinski definition) is 2. The van der Waals surface area contributed by atoms with Crippen LogP contribution in [0, 0.1) is 0 Å². The first-order valence-electron chi connectivity index (χ1n) is 7.52. The average Bonchev–Trinajstić information content (AvgIpc) is 2.48. The third-order valence-electron chi connectivity index (χ3n) is 3.68. The molecule has 2 N–H and O–H groups in total. The van der Waals surface area contributed by atoms with Gasteiger partial charge in [-0.3, -0.25) is 4.79 Å². The lowest BCUT2D eigenvalue weighted by molar-refractivity contribution is -0.137. The second-order valence-corrected chi connectivity index (χ2v) is 7.56. The summed E-state index contributed by atoms with van der Waals surface area (Å²) in [5.41, 5.74) is -0.749. The quantitative estimate of drug-likeness (QED) is 0.618. The molecule has 2 aromatic rings. The molecule has 0 aliphatic carbocycles. The van der Waals surface area contributed by atoms with Crippen molar-refractivity contribution in [2.75, 3.05) is 5.32 Å². The number of amides is 1. The van der Waals surface area contributed by atoms with Gasteiger partial charge in [-0.25, -0.2) is 0 Å². The minimum absolute atomic E-state index is 0.0138. The van der Waals surface area contributed by atoms with E-state index in [0.29, 0.717) is 16.7 Å². The van der Waals surface area contributed by atoms with Crippen molar-refractivity contribution in [1.29, 1.82) is 0 Å². The van der Waals surface area contributed by atoms with Crippen molar-refractivity contribution in [3.05, 3.63) is 57.1 Å². The van der Waals surface area contributed by atoms with E-state index >= 15 is 0 Å². The molecule has 0 atom stereocenters. The number of hydrogen-bond donors (Lipinski definition) is 2. The number of carbonyl (C=O) groups excluding carboxylic acids is 1. The Bertz CT molecular complexity index is 859. The van der Waals surface area contributed by atoms with Crippen LogP contribution in [0.1, 0.15) is 42.3 Å². The van der Waals surface area contributed by atoms with Crippen LogP contribution in [0.2, 0.25) is 10.0 Å². The molecule has 0 radical (unpaired) electrons. The normalized spacial score (nSPS) is 12.2. The minimum atomic E-state index is -4.54. The Labute approximate surface area is 158 Å². The van der Waals surface area contributed by atoms with Crippen LogP contribution in [-0.4, -0.2) is 11.0 Å². The summed E-state index contributed by atoms with van der Waals surface area (Å²) in [4.78, 5) is 12.4. The average molecular weight is 406 g/mol. The number of carbonyl (C=O) groups is 1. The molecule has 0 bridgehead atoms. The predicted octanol–water partition coefficient (Wildman–Crippen LogP) is 6.27. The highest BCUT2D eigenvalue weighted by atomic mass is 35.5. The molecule has 3 nitrogen and oxygen atoms in total. The zero-order chi connectivity index (χ0) is 19.9. The molecular weight excluding hydrogens is 390 g/mol. The molecule has 8 heteroatoms. The van der Waals surface area contributed by atoms with Gasteiger partial charge in [0.25, 0.3) is 5.91 Å². The van der Waals surface area contributed by atoms with Crippen molar-refractivity contribution >= 4 is 34.8 Å². The van der Waals surface area contributed by atoms with Crippen LogP contribution in [0.3, 0.4) is 0 Å². The van der Waals surface area contributed by atoms with Crippen LogP contribution in [-0.2, 0) is 11.6 Å². The van der Waals surface area contributed by atoms with Gasteiger partial charge in [0, 0.05) is 5.02 Å². The Kier molecular flexibility index (Phi) is 5.49. The number of nitrogens with one attached hydrogen (secondary N) is 1. The van der Waals surface area contributed by atoms with Gasteiger partial charge < -0.3 is 10.4 Å². The number of aromatic hydroxyl groups is 1. The van der Waals surface area contributed by atoms with Gasteiger partial charge in [-0.2, -0.15) is 13.2 Å². The lowest BCUT2D eigenvalue weighted by Crippen LogP contribution is -2.16. The van der Waals surface area contributed by atoms with Gasteiger partial charge in [-0.05, 0) is 41.3 Å². The number of alkyl halides is 3. The highest BCUT2D eigenvalue weighted by Gasteiger charge is 2.31. The number of phenolic OH excluding ortho intramolecular Hbond substituents is 1. The topological polar surface area (TPSA) is 49.3 Å².